The van der Waals surface area contributed by atoms with Crippen LogP contribution in [-0.2, 0) is 4.43 Å². The lowest BCUT2D eigenvalue weighted by Gasteiger charge is -2.24. The molecule has 0 spiro atoms. The highest BCUT2D eigenvalue weighted by Gasteiger charge is 2.19. The zero-order valence-corrected chi connectivity index (χ0v) is 10.1. The Labute approximate surface area is 80.4 Å². The van der Waals surface area contributed by atoms with Gasteiger partial charge in [0.2, 0.25) is 0 Å². The van der Waals surface area contributed by atoms with Gasteiger partial charge in [-0.05, 0) is 37.8 Å². The lowest BCUT2D eigenvalue weighted by atomic mass is 10.3. The third-order valence-corrected chi connectivity index (χ3v) is 3.02. The van der Waals surface area contributed by atoms with E-state index in [2.05, 4.69) is 32.0 Å². The first kappa shape index (κ1) is 12.0. The van der Waals surface area contributed by atoms with Crippen LogP contribution in [0, 0.1) is 10.7 Å². The van der Waals surface area contributed by atoms with E-state index in [9.17, 15) is 0 Å². The Bertz CT molecular complexity index is 161. The summed E-state index contributed by atoms with van der Waals surface area (Å²) in [5, 5.41) is 10.4. The smallest absolute Gasteiger partial charge is 0.184 e. The number of rotatable bonds is 5. The molecule has 1 atom stereocenters. The number of nitrogens with zero attached hydrogens (tertiary/aromatic N) is 1. The van der Waals surface area contributed by atoms with Crippen LogP contribution in [0.2, 0.25) is 19.6 Å². The third kappa shape index (κ3) is 6.71. The Balaban J connectivity index is 3.77. The molecular formula is C8H17NOSSi. The van der Waals surface area contributed by atoms with E-state index < -0.39 is 8.32 Å². The SMILES string of the molecule is CCC(CSC#N)O[Si](C)(C)C. The fraction of sp³-hybridized carbons (Fsp3) is 0.875. The number of hydrogen-bond acceptors (Lipinski definition) is 3. The highest BCUT2D eigenvalue weighted by molar-refractivity contribution is 8.03. The molecule has 0 aliphatic rings. The second kappa shape index (κ2) is 5.63. The Hall–Kier alpha value is 0.0169. The van der Waals surface area contributed by atoms with Crippen molar-refractivity contribution >= 4 is 20.1 Å². The van der Waals surface area contributed by atoms with Crippen molar-refractivity contribution in [2.45, 2.75) is 39.1 Å². The molecule has 0 saturated carbocycles. The largest absolute Gasteiger partial charge is 0.414 e. The Morgan fingerprint density at radius 2 is 2.08 bits per heavy atom. The number of nitriles is 1. The van der Waals surface area contributed by atoms with Crippen molar-refractivity contribution in [1.82, 2.24) is 0 Å². The normalized spacial score (nSPS) is 13.9. The van der Waals surface area contributed by atoms with Crippen molar-refractivity contribution in [1.29, 1.82) is 5.26 Å². The average Bonchev–Trinajstić information content (AvgIpc) is 1.95. The number of thioether (sulfide) groups is 1. The molecule has 2 nitrogen and oxygen atoms in total. The number of hydrogen-bond donors (Lipinski definition) is 0. The molecule has 0 heterocycles. The minimum Gasteiger partial charge on any atom is -0.414 e. The molecule has 1 unspecified atom stereocenters. The molecule has 0 rings (SSSR count). The first-order valence-electron chi connectivity index (χ1n) is 4.18. The Morgan fingerprint density at radius 3 is 2.42 bits per heavy atom. The maximum Gasteiger partial charge on any atom is 0.184 e. The summed E-state index contributed by atoms with van der Waals surface area (Å²) < 4.78 is 5.86. The van der Waals surface area contributed by atoms with Crippen LogP contribution < -0.4 is 0 Å². The van der Waals surface area contributed by atoms with E-state index in [1.54, 1.807) is 0 Å². The van der Waals surface area contributed by atoms with Gasteiger partial charge in [0.05, 0.1) is 6.10 Å². The minimum absolute atomic E-state index is 0.265. The summed E-state index contributed by atoms with van der Waals surface area (Å²) in [6.45, 7) is 8.62. The molecular weight excluding hydrogens is 186 g/mol. The van der Waals surface area contributed by atoms with Crippen LogP contribution >= 0.6 is 11.8 Å². The highest BCUT2D eigenvalue weighted by atomic mass is 32.2. The quantitative estimate of drug-likeness (QED) is 0.509. The lowest BCUT2D eigenvalue weighted by Crippen LogP contribution is -2.32. The van der Waals surface area contributed by atoms with Gasteiger partial charge >= 0.3 is 0 Å². The van der Waals surface area contributed by atoms with Crippen LogP contribution in [0.15, 0.2) is 0 Å². The van der Waals surface area contributed by atoms with E-state index in [0.717, 1.165) is 12.2 Å². The van der Waals surface area contributed by atoms with Crippen molar-refractivity contribution in [2.24, 2.45) is 0 Å². The summed E-state index contributed by atoms with van der Waals surface area (Å²) in [5.41, 5.74) is 0. The van der Waals surface area contributed by atoms with Crippen molar-refractivity contribution < 1.29 is 4.43 Å². The minimum atomic E-state index is -1.41. The van der Waals surface area contributed by atoms with Crippen LogP contribution in [0.1, 0.15) is 13.3 Å². The van der Waals surface area contributed by atoms with E-state index in [0.29, 0.717) is 0 Å². The third-order valence-electron chi connectivity index (χ3n) is 1.31. The molecule has 0 aromatic carbocycles. The van der Waals surface area contributed by atoms with Crippen molar-refractivity contribution in [3.8, 4) is 5.40 Å². The molecule has 70 valence electrons. The molecule has 0 fully saturated rings. The molecule has 0 saturated heterocycles. The molecule has 12 heavy (non-hydrogen) atoms. The van der Waals surface area contributed by atoms with E-state index in [-0.39, 0.29) is 6.10 Å². The van der Waals surface area contributed by atoms with Crippen LogP contribution in [-0.4, -0.2) is 20.2 Å². The average molecular weight is 203 g/mol. The Kier molecular flexibility index (Phi) is 5.63. The fourth-order valence-corrected chi connectivity index (χ4v) is 2.80. The number of thiocyanates is 1. The maximum atomic E-state index is 8.38. The zero-order chi connectivity index (χ0) is 9.61. The van der Waals surface area contributed by atoms with E-state index in [1.165, 1.54) is 11.8 Å². The van der Waals surface area contributed by atoms with Gasteiger partial charge in [0, 0.05) is 5.75 Å². The summed E-state index contributed by atoms with van der Waals surface area (Å²) >= 11 is 1.28. The van der Waals surface area contributed by atoms with Gasteiger partial charge in [0.15, 0.2) is 8.32 Å². The standard InChI is InChI=1S/C8H17NOSSi/c1-5-8(6-11-7-9)10-12(2,3)4/h8H,5-6H2,1-4H3. The highest BCUT2D eigenvalue weighted by Crippen LogP contribution is 2.13. The monoisotopic (exact) mass is 203 g/mol. The van der Waals surface area contributed by atoms with Crippen LogP contribution in [0.25, 0.3) is 0 Å². The van der Waals surface area contributed by atoms with Crippen LogP contribution in [0.5, 0.6) is 0 Å². The zero-order valence-electron chi connectivity index (χ0n) is 8.26. The predicted molar refractivity (Wildman–Crippen MR) is 56.6 cm³/mol. The Morgan fingerprint density at radius 1 is 1.50 bits per heavy atom. The van der Waals surface area contributed by atoms with Crippen molar-refractivity contribution in [2.75, 3.05) is 5.75 Å². The molecule has 0 radical (unpaired) electrons. The van der Waals surface area contributed by atoms with Crippen molar-refractivity contribution in [3.63, 3.8) is 0 Å². The molecule has 0 aromatic heterocycles. The summed E-state index contributed by atoms with van der Waals surface area (Å²) in [4.78, 5) is 0. The summed E-state index contributed by atoms with van der Waals surface area (Å²) in [5.74, 6) is 0.803. The van der Waals surface area contributed by atoms with Gasteiger partial charge in [-0.3, -0.25) is 0 Å². The molecule has 0 amide bonds. The predicted octanol–water partition coefficient (Wildman–Crippen LogP) is 2.83. The van der Waals surface area contributed by atoms with Crippen molar-refractivity contribution in [3.05, 3.63) is 0 Å². The second-order valence-electron chi connectivity index (χ2n) is 3.66. The fourth-order valence-electron chi connectivity index (χ4n) is 0.865. The first-order valence-corrected chi connectivity index (χ1v) is 8.57. The first-order chi connectivity index (χ1) is 5.49. The van der Waals surface area contributed by atoms with Crippen LogP contribution in [0.4, 0.5) is 0 Å². The van der Waals surface area contributed by atoms with Gasteiger partial charge in [-0.15, -0.1) is 0 Å². The molecule has 4 heteroatoms. The van der Waals surface area contributed by atoms with E-state index in [4.69, 9.17) is 9.69 Å². The van der Waals surface area contributed by atoms with Gasteiger partial charge in [0.1, 0.15) is 5.40 Å². The van der Waals surface area contributed by atoms with E-state index >= 15 is 0 Å². The van der Waals surface area contributed by atoms with Gasteiger partial charge in [-0.2, -0.15) is 5.26 Å². The maximum absolute atomic E-state index is 8.38. The summed E-state index contributed by atoms with van der Waals surface area (Å²) in [6.07, 6.45) is 1.26. The van der Waals surface area contributed by atoms with Gasteiger partial charge in [0.25, 0.3) is 0 Å². The molecule has 0 aromatic rings. The molecule has 0 N–H and O–H groups in total. The van der Waals surface area contributed by atoms with Gasteiger partial charge < -0.3 is 4.43 Å². The molecule has 0 bridgehead atoms. The molecule has 0 aliphatic carbocycles. The summed E-state index contributed by atoms with van der Waals surface area (Å²) in [7, 11) is -1.41. The second-order valence-corrected chi connectivity index (χ2v) is 8.93. The van der Waals surface area contributed by atoms with E-state index in [1.807, 2.05) is 0 Å². The van der Waals surface area contributed by atoms with Gasteiger partial charge in [-0.25, -0.2) is 0 Å². The van der Waals surface area contributed by atoms with Gasteiger partial charge in [-0.1, -0.05) is 6.92 Å². The molecule has 0 aliphatic heterocycles. The summed E-state index contributed by atoms with van der Waals surface area (Å²) in [6, 6.07) is 0. The topological polar surface area (TPSA) is 33.0 Å². The lowest BCUT2D eigenvalue weighted by molar-refractivity contribution is 0.214. The van der Waals surface area contributed by atoms with Crippen LogP contribution in [0.3, 0.4) is 0 Å².